The van der Waals surface area contributed by atoms with E-state index in [1.165, 1.54) is 0 Å². The second-order valence-corrected chi connectivity index (χ2v) is 6.42. The summed E-state index contributed by atoms with van der Waals surface area (Å²) in [6.45, 7) is 1.88. The molecule has 0 saturated carbocycles. The largest absolute Gasteiger partial charge is 0.497 e. The minimum absolute atomic E-state index is 0. The Bertz CT molecular complexity index is 838. The first kappa shape index (κ1) is 27.7. The Morgan fingerprint density at radius 1 is 1.09 bits per heavy atom. The standard InChI is InChI=1S/C22H29F2N3O4.HI/c1-4-25-22(27-14-18(28)15-9-11-17(29-3)12-10-15)26-13-16-7-6-8-19(30-5-2)20(16)31-21(23)24;/h6-12,18,21,28H,4-5,13-14H2,1-3H3,(H2,25,26,27);1H. The number of para-hydroxylation sites is 1. The van der Waals surface area contributed by atoms with Gasteiger partial charge in [-0.3, -0.25) is 0 Å². The quantitative estimate of drug-likeness (QED) is 0.216. The fourth-order valence-electron chi connectivity index (χ4n) is 2.82. The third-order valence-electron chi connectivity index (χ3n) is 4.28. The van der Waals surface area contributed by atoms with Crippen molar-refractivity contribution >= 4 is 29.9 Å². The van der Waals surface area contributed by atoms with Gasteiger partial charge in [-0.2, -0.15) is 8.78 Å². The molecule has 0 aliphatic heterocycles. The molecule has 1 unspecified atom stereocenters. The van der Waals surface area contributed by atoms with Crippen molar-refractivity contribution in [3.63, 3.8) is 0 Å². The molecule has 0 amide bonds. The lowest BCUT2D eigenvalue weighted by atomic mass is 10.1. The molecule has 32 heavy (non-hydrogen) atoms. The van der Waals surface area contributed by atoms with E-state index in [9.17, 15) is 13.9 Å². The molecular weight excluding hydrogens is 535 g/mol. The molecule has 0 radical (unpaired) electrons. The lowest BCUT2D eigenvalue weighted by molar-refractivity contribution is -0.0520. The summed E-state index contributed by atoms with van der Waals surface area (Å²) in [6.07, 6.45) is -0.770. The van der Waals surface area contributed by atoms with E-state index in [-0.39, 0.29) is 48.6 Å². The number of methoxy groups -OCH3 is 1. The van der Waals surface area contributed by atoms with Gasteiger partial charge in [0.25, 0.3) is 0 Å². The fourth-order valence-corrected chi connectivity index (χ4v) is 2.82. The number of nitrogens with zero attached hydrogens (tertiary/aromatic N) is 1. The van der Waals surface area contributed by atoms with Gasteiger partial charge in [-0.15, -0.1) is 24.0 Å². The summed E-state index contributed by atoms with van der Waals surface area (Å²) < 4.78 is 41.0. The fraction of sp³-hybridized carbons (Fsp3) is 0.409. The molecule has 2 aromatic rings. The molecular formula is C22H30F2IN3O4. The minimum atomic E-state index is -2.98. The molecule has 0 aliphatic carbocycles. The summed E-state index contributed by atoms with van der Waals surface area (Å²) in [7, 11) is 1.58. The first-order chi connectivity index (χ1) is 15.0. The number of aliphatic hydroxyl groups excluding tert-OH is 1. The molecule has 3 N–H and O–H groups in total. The molecule has 0 saturated heterocycles. The van der Waals surface area contributed by atoms with Crippen LogP contribution in [-0.2, 0) is 6.54 Å². The van der Waals surface area contributed by atoms with E-state index in [2.05, 4.69) is 20.4 Å². The Morgan fingerprint density at radius 3 is 2.41 bits per heavy atom. The summed E-state index contributed by atoms with van der Waals surface area (Å²) in [5, 5.41) is 16.5. The van der Waals surface area contributed by atoms with Gasteiger partial charge in [0.2, 0.25) is 0 Å². The van der Waals surface area contributed by atoms with Crippen molar-refractivity contribution in [3.05, 3.63) is 53.6 Å². The Balaban J connectivity index is 0.00000512. The summed E-state index contributed by atoms with van der Waals surface area (Å²) in [5.41, 5.74) is 1.18. The van der Waals surface area contributed by atoms with E-state index < -0.39 is 12.7 Å². The number of hydrogen-bond acceptors (Lipinski definition) is 5. The summed E-state index contributed by atoms with van der Waals surface area (Å²) in [6, 6.07) is 12.0. The van der Waals surface area contributed by atoms with E-state index in [1.807, 2.05) is 6.92 Å². The van der Waals surface area contributed by atoms with Gasteiger partial charge in [0.1, 0.15) is 5.75 Å². The number of benzene rings is 2. The maximum Gasteiger partial charge on any atom is 0.387 e. The van der Waals surface area contributed by atoms with E-state index in [0.29, 0.717) is 30.4 Å². The Hall–Kier alpha value is -2.34. The van der Waals surface area contributed by atoms with Crippen LogP contribution in [0.1, 0.15) is 31.1 Å². The smallest absolute Gasteiger partial charge is 0.387 e. The van der Waals surface area contributed by atoms with Gasteiger partial charge in [-0.05, 0) is 37.6 Å². The van der Waals surface area contributed by atoms with Crippen LogP contribution in [0.2, 0.25) is 0 Å². The maximum atomic E-state index is 12.9. The van der Waals surface area contributed by atoms with Crippen LogP contribution in [0.5, 0.6) is 17.2 Å². The third-order valence-corrected chi connectivity index (χ3v) is 4.28. The Labute approximate surface area is 204 Å². The van der Waals surface area contributed by atoms with Gasteiger partial charge in [0.05, 0.1) is 26.4 Å². The molecule has 178 valence electrons. The van der Waals surface area contributed by atoms with Crippen molar-refractivity contribution in [2.45, 2.75) is 33.1 Å². The van der Waals surface area contributed by atoms with Crippen molar-refractivity contribution in [2.75, 3.05) is 26.8 Å². The highest BCUT2D eigenvalue weighted by Crippen LogP contribution is 2.33. The molecule has 0 heterocycles. The van der Waals surface area contributed by atoms with Crippen molar-refractivity contribution < 1.29 is 28.1 Å². The number of ether oxygens (including phenoxy) is 3. The number of aliphatic imine (C=N–C) groups is 1. The number of hydrogen-bond donors (Lipinski definition) is 3. The number of aliphatic hydroxyl groups is 1. The number of halogens is 3. The zero-order chi connectivity index (χ0) is 22.6. The van der Waals surface area contributed by atoms with Crippen LogP contribution >= 0.6 is 24.0 Å². The molecule has 7 nitrogen and oxygen atoms in total. The molecule has 0 aromatic heterocycles. The van der Waals surface area contributed by atoms with Gasteiger partial charge in [0.15, 0.2) is 17.5 Å². The van der Waals surface area contributed by atoms with E-state index in [4.69, 9.17) is 9.47 Å². The summed E-state index contributed by atoms with van der Waals surface area (Å²) >= 11 is 0. The van der Waals surface area contributed by atoms with Gasteiger partial charge in [-0.1, -0.05) is 24.3 Å². The van der Waals surface area contributed by atoms with Gasteiger partial charge >= 0.3 is 6.61 Å². The van der Waals surface area contributed by atoms with Gasteiger partial charge < -0.3 is 30.0 Å². The molecule has 0 aliphatic rings. The normalized spacial score (nSPS) is 12.0. The number of nitrogens with one attached hydrogen (secondary N) is 2. The van der Waals surface area contributed by atoms with Crippen molar-refractivity contribution in [1.29, 1.82) is 0 Å². The van der Waals surface area contributed by atoms with Crippen molar-refractivity contribution in [2.24, 2.45) is 4.99 Å². The predicted molar refractivity (Wildman–Crippen MR) is 130 cm³/mol. The molecule has 2 rings (SSSR count). The average Bonchev–Trinajstić information content (AvgIpc) is 2.77. The van der Waals surface area contributed by atoms with E-state index in [0.717, 1.165) is 5.56 Å². The molecule has 0 fully saturated rings. The topological polar surface area (TPSA) is 84.3 Å². The highest BCUT2D eigenvalue weighted by Gasteiger charge is 2.16. The van der Waals surface area contributed by atoms with E-state index >= 15 is 0 Å². The van der Waals surface area contributed by atoms with Crippen molar-refractivity contribution in [3.8, 4) is 17.2 Å². The Morgan fingerprint density at radius 2 is 1.81 bits per heavy atom. The van der Waals surface area contributed by atoms with Crippen LogP contribution in [-0.4, -0.2) is 44.5 Å². The SMILES string of the molecule is CCNC(=NCc1cccc(OCC)c1OC(F)F)NCC(O)c1ccc(OC)cc1.I. The van der Waals surface area contributed by atoms with Crippen molar-refractivity contribution in [1.82, 2.24) is 10.6 Å². The minimum Gasteiger partial charge on any atom is -0.497 e. The second-order valence-electron chi connectivity index (χ2n) is 6.42. The molecule has 10 heteroatoms. The van der Waals surface area contributed by atoms with Crippen LogP contribution in [0.3, 0.4) is 0 Å². The monoisotopic (exact) mass is 565 g/mol. The highest BCUT2D eigenvalue weighted by atomic mass is 127. The number of rotatable bonds is 11. The molecule has 2 aromatic carbocycles. The first-order valence-electron chi connectivity index (χ1n) is 10.0. The highest BCUT2D eigenvalue weighted by molar-refractivity contribution is 14.0. The molecule has 1 atom stereocenters. The maximum absolute atomic E-state index is 12.9. The van der Waals surface area contributed by atoms with Crippen LogP contribution in [0.15, 0.2) is 47.5 Å². The number of guanidine groups is 1. The van der Waals surface area contributed by atoms with Crippen LogP contribution < -0.4 is 24.8 Å². The first-order valence-corrected chi connectivity index (χ1v) is 10.0. The predicted octanol–water partition coefficient (Wildman–Crippen LogP) is 4.10. The van der Waals surface area contributed by atoms with E-state index in [1.54, 1.807) is 56.5 Å². The lowest BCUT2D eigenvalue weighted by Crippen LogP contribution is -2.39. The zero-order valence-electron chi connectivity index (χ0n) is 18.3. The van der Waals surface area contributed by atoms with Crippen LogP contribution in [0.4, 0.5) is 8.78 Å². The molecule has 0 bridgehead atoms. The van der Waals surface area contributed by atoms with Gasteiger partial charge in [0, 0.05) is 18.7 Å². The zero-order valence-corrected chi connectivity index (χ0v) is 20.6. The summed E-state index contributed by atoms with van der Waals surface area (Å²) in [5.74, 6) is 1.34. The van der Waals surface area contributed by atoms with Gasteiger partial charge in [-0.25, -0.2) is 4.99 Å². The van der Waals surface area contributed by atoms with Crippen LogP contribution in [0, 0.1) is 0 Å². The summed E-state index contributed by atoms with van der Waals surface area (Å²) in [4.78, 5) is 4.43. The number of alkyl halides is 2. The Kier molecular flexibility index (Phi) is 12.7. The second kappa shape index (κ2) is 14.7. The average molecular weight is 565 g/mol. The lowest BCUT2D eigenvalue weighted by Gasteiger charge is -2.17. The molecule has 0 spiro atoms. The third kappa shape index (κ3) is 8.65. The van der Waals surface area contributed by atoms with Crippen LogP contribution in [0.25, 0.3) is 0 Å².